The lowest BCUT2D eigenvalue weighted by atomic mass is 10.0. The zero-order chi connectivity index (χ0) is 14.7. The Labute approximate surface area is 127 Å². The van der Waals surface area contributed by atoms with Crippen molar-refractivity contribution in [2.24, 2.45) is 5.73 Å². The van der Waals surface area contributed by atoms with Gasteiger partial charge >= 0.3 is 0 Å². The summed E-state index contributed by atoms with van der Waals surface area (Å²) >= 11 is 0. The SMILES string of the molecule is CCN1CCN(CC(N)c2ccc3ccccc3c2)CC1. The van der Waals surface area contributed by atoms with Crippen molar-refractivity contribution in [2.75, 3.05) is 39.3 Å². The Morgan fingerprint density at radius 2 is 1.62 bits per heavy atom. The van der Waals surface area contributed by atoms with Crippen LogP contribution in [0.25, 0.3) is 10.8 Å². The fraction of sp³-hybridized carbons (Fsp3) is 0.444. The van der Waals surface area contributed by atoms with Crippen LogP contribution < -0.4 is 5.73 Å². The molecule has 0 spiro atoms. The van der Waals surface area contributed by atoms with Gasteiger partial charge in [-0.1, -0.05) is 43.3 Å². The highest BCUT2D eigenvalue weighted by atomic mass is 15.3. The van der Waals surface area contributed by atoms with Gasteiger partial charge in [0.2, 0.25) is 0 Å². The molecule has 0 aliphatic carbocycles. The summed E-state index contributed by atoms with van der Waals surface area (Å²) < 4.78 is 0. The van der Waals surface area contributed by atoms with E-state index < -0.39 is 0 Å². The first-order chi connectivity index (χ1) is 10.3. The van der Waals surface area contributed by atoms with Crippen molar-refractivity contribution >= 4 is 10.8 Å². The van der Waals surface area contributed by atoms with Crippen LogP contribution in [0.1, 0.15) is 18.5 Å². The van der Waals surface area contributed by atoms with Gasteiger partial charge in [-0.05, 0) is 28.9 Å². The standard InChI is InChI=1S/C18H25N3/c1-2-20-9-11-21(12-10-20)14-18(19)17-8-7-15-5-3-4-6-16(15)13-17/h3-8,13,18H,2,9-12,14,19H2,1H3. The van der Waals surface area contributed by atoms with Crippen LogP contribution in [-0.4, -0.2) is 49.1 Å². The normalized spacial score (nSPS) is 19.0. The van der Waals surface area contributed by atoms with E-state index in [1.54, 1.807) is 0 Å². The fourth-order valence-corrected chi connectivity index (χ4v) is 3.11. The summed E-state index contributed by atoms with van der Waals surface area (Å²) in [5.74, 6) is 0. The molecule has 1 heterocycles. The highest BCUT2D eigenvalue weighted by Gasteiger charge is 2.18. The van der Waals surface area contributed by atoms with E-state index in [9.17, 15) is 0 Å². The summed E-state index contributed by atoms with van der Waals surface area (Å²) in [4.78, 5) is 4.99. The van der Waals surface area contributed by atoms with Crippen LogP contribution >= 0.6 is 0 Å². The van der Waals surface area contributed by atoms with Crippen molar-refractivity contribution in [1.29, 1.82) is 0 Å². The van der Waals surface area contributed by atoms with Gasteiger partial charge < -0.3 is 10.6 Å². The molecule has 1 unspecified atom stereocenters. The monoisotopic (exact) mass is 283 g/mol. The van der Waals surface area contributed by atoms with E-state index in [1.807, 2.05) is 0 Å². The summed E-state index contributed by atoms with van der Waals surface area (Å²) in [6.07, 6.45) is 0. The fourth-order valence-electron chi connectivity index (χ4n) is 3.11. The molecule has 0 radical (unpaired) electrons. The third-order valence-corrected chi connectivity index (χ3v) is 4.57. The second kappa shape index (κ2) is 6.56. The highest BCUT2D eigenvalue weighted by molar-refractivity contribution is 5.83. The van der Waals surface area contributed by atoms with Crippen LogP contribution in [0.5, 0.6) is 0 Å². The Bertz CT molecular complexity index is 588. The van der Waals surface area contributed by atoms with Crippen molar-refractivity contribution in [3.05, 3.63) is 48.0 Å². The Morgan fingerprint density at radius 1 is 0.952 bits per heavy atom. The lowest BCUT2D eigenvalue weighted by Crippen LogP contribution is -2.48. The molecule has 3 heteroatoms. The number of benzene rings is 2. The van der Waals surface area contributed by atoms with Crippen LogP contribution in [0.2, 0.25) is 0 Å². The van der Waals surface area contributed by atoms with E-state index in [2.05, 4.69) is 59.2 Å². The molecule has 0 saturated carbocycles. The number of nitrogens with two attached hydrogens (primary N) is 1. The van der Waals surface area contributed by atoms with Gasteiger partial charge in [-0.2, -0.15) is 0 Å². The van der Waals surface area contributed by atoms with Gasteiger partial charge in [0.25, 0.3) is 0 Å². The zero-order valence-electron chi connectivity index (χ0n) is 12.8. The number of hydrogen-bond donors (Lipinski definition) is 1. The maximum absolute atomic E-state index is 6.43. The Balaban J connectivity index is 1.65. The molecule has 2 aromatic rings. The molecule has 2 aromatic carbocycles. The molecule has 0 aromatic heterocycles. The lowest BCUT2D eigenvalue weighted by Gasteiger charge is -2.35. The number of nitrogens with zero attached hydrogens (tertiary/aromatic N) is 2. The number of rotatable bonds is 4. The second-order valence-corrected chi connectivity index (χ2v) is 5.95. The van der Waals surface area contributed by atoms with Crippen molar-refractivity contribution in [1.82, 2.24) is 9.80 Å². The molecule has 1 fully saturated rings. The molecule has 1 aliphatic heterocycles. The summed E-state index contributed by atoms with van der Waals surface area (Å²) in [5, 5.41) is 2.56. The summed E-state index contributed by atoms with van der Waals surface area (Å²) in [5.41, 5.74) is 7.67. The molecular weight excluding hydrogens is 258 g/mol. The van der Waals surface area contributed by atoms with E-state index in [1.165, 1.54) is 29.4 Å². The molecule has 0 amide bonds. The molecule has 112 valence electrons. The van der Waals surface area contributed by atoms with Crippen molar-refractivity contribution in [2.45, 2.75) is 13.0 Å². The van der Waals surface area contributed by atoms with Gasteiger partial charge in [0.05, 0.1) is 0 Å². The van der Waals surface area contributed by atoms with Crippen molar-refractivity contribution in [3.8, 4) is 0 Å². The van der Waals surface area contributed by atoms with E-state index >= 15 is 0 Å². The third kappa shape index (κ3) is 3.43. The highest BCUT2D eigenvalue weighted by Crippen LogP contribution is 2.20. The van der Waals surface area contributed by atoms with Crippen LogP contribution in [-0.2, 0) is 0 Å². The Kier molecular flexibility index (Phi) is 4.54. The van der Waals surface area contributed by atoms with Crippen LogP contribution in [0.15, 0.2) is 42.5 Å². The van der Waals surface area contributed by atoms with Crippen LogP contribution in [0.4, 0.5) is 0 Å². The lowest BCUT2D eigenvalue weighted by molar-refractivity contribution is 0.132. The molecule has 1 aliphatic rings. The van der Waals surface area contributed by atoms with Gasteiger partial charge in [-0.25, -0.2) is 0 Å². The van der Waals surface area contributed by atoms with Gasteiger partial charge in [0.1, 0.15) is 0 Å². The predicted molar refractivity (Wildman–Crippen MR) is 89.4 cm³/mol. The topological polar surface area (TPSA) is 32.5 Å². The molecule has 21 heavy (non-hydrogen) atoms. The minimum atomic E-state index is 0.0998. The van der Waals surface area contributed by atoms with E-state index in [0.29, 0.717) is 0 Å². The number of hydrogen-bond acceptors (Lipinski definition) is 3. The third-order valence-electron chi connectivity index (χ3n) is 4.57. The molecule has 1 saturated heterocycles. The van der Waals surface area contributed by atoms with Gasteiger partial charge in [-0.15, -0.1) is 0 Å². The molecule has 2 N–H and O–H groups in total. The maximum Gasteiger partial charge on any atom is 0.0424 e. The summed E-state index contributed by atoms with van der Waals surface area (Å²) in [6.45, 7) is 8.95. The van der Waals surface area contributed by atoms with E-state index in [4.69, 9.17) is 5.73 Å². The molecule has 3 nitrogen and oxygen atoms in total. The van der Waals surface area contributed by atoms with Crippen LogP contribution in [0.3, 0.4) is 0 Å². The molecular formula is C18H25N3. The molecule has 1 atom stereocenters. The molecule has 0 bridgehead atoms. The van der Waals surface area contributed by atoms with E-state index in [-0.39, 0.29) is 6.04 Å². The minimum absolute atomic E-state index is 0.0998. The first kappa shape index (κ1) is 14.5. The average Bonchev–Trinajstić information content (AvgIpc) is 2.55. The quantitative estimate of drug-likeness (QED) is 0.935. The first-order valence-corrected chi connectivity index (χ1v) is 7.95. The Hall–Kier alpha value is -1.42. The van der Waals surface area contributed by atoms with Gasteiger partial charge in [0, 0.05) is 38.8 Å². The predicted octanol–water partition coefficient (Wildman–Crippen LogP) is 2.48. The minimum Gasteiger partial charge on any atom is -0.323 e. The number of fused-ring (bicyclic) bond motifs is 1. The van der Waals surface area contributed by atoms with Gasteiger partial charge in [0.15, 0.2) is 0 Å². The van der Waals surface area contributed by atoms with E-state index in [0.717, 1.165) is 26.2 Å². The number of piperazine rings is 1. The first-order valence-electron chi connectivity index (χ1n) is 7.95. The van der Waals surface area contributed by atoms with Crippen molar-refractivity contribution in [3.63, 3.8) is 0 Å². The smallest absolute Gasteiger partial charge is 0.0424 e. The zero-order valence-corrected chi connectivity index (χ0v) is 12.8. The van der Waals surface area contributed by atoms with Gasteiger partial charge in [-0.3, -0.25) is 4.90 Å². The average molecular weight is 283 g/mol. The summed E-state index contributed by atoms with van der Waals surface area (Å²) in [7, 11) is 0. The Morgan fingerprint density at radius 3 is 2.33 bits per heavy atom. The second-order valence-electron chi connectivity index (χ2n) is 5.95. The number of likely N-dealkylation sites (N-methyl/N-ethyl adjacent to an activating group) is 1. The maximum atomic E-state index is 6.43. The largest absolute Gasteiger partial charge is 0.323 e. The van der Waals surface area contributed by atoms with Crippen molar-refractivity contribution < 1.29 is 0 Å². The van der Waals surface area contributed by atoms with Crippen LogP contribution in [0, 0.1) is 0 Å². The summed E-state index contributed by atoms with van der Waals surface area (Å²) in [6, 6.07) is 15.2. The molecule has 3 rings (SSSR count).